The highest BCUT2D eigenvalue weighted by molar-refractivity contribution is 5.97. The van der Waals surface area contributed by atoms with E-state index in [9.17, 15) is 9.59 Å². The fourth-order valence-electron chi connectivity index (χ4n) is 2.01. The maximum atomic E-state index is 11.6. The summed E-state index contributed by atoms with van der Waals surface area (Å²) in [5.74, 6) is 0.189. The van der Waals surface area contributed by atoms with Crippen LogP contribution >= 0.6 is 0 Å². The highest BCUT2D eigenvalue weighted by Gasteiger charge is 2.29. The Labute approximate surface area is 97.2 Å². The molecule has 0 aromatic rings. The Balaban J connectivity index is 2.30. The predicted molar refractivity (Wildman–Crippen MR) is 62.6 cm³/mol. The highest BCUT2D eigenvalue weighted by Crippen LogP contribution is 2.19. The van der Waals surface area contributed by atoms with Crippen LogP contribution in [0.3, 0.4) is 0 Å². The summed E-state index contributed by atoms with van der Waals surface area (Å²) in [5.41, 5.74) is 5.64. The van der Waals surface area contributed by atoms with E-state index in [2.05, 4.69) is 0 Å². The molecule has 1 heterocycles. The minimum Gasteiger partial charge on any atom is -0.328 e. The zero-order valence-corrected chi connectivity index (χ0v) is 10.2. The van der Waals surface area contributed by atoms with Crippen LogP contribution in [0.2, 0.25) is 0 Å². The van der Waals surface area contributed by atoms with Gasteiger partial charge in [-0.25, -0.2) is 0 Å². The molecule has 2 N–H and O–H groups in total. The second-order valence-corrected chi connectivity index (χ2v) is 4.93. The van der Waals surface area contributed by atoms with Crippen LogP contribution in [0.5, 0.6) is 0 Å². The molecule has 0 aromatic heterocycles. The number of rotatable bonds is 5. The summed E-state index contributed by atoms with van der Waals surface area (Å²) >= 11 is 0. The van der Waals surface area contributed by atoms with Crippen LogP contribution in [-0.2, 0) is 9.59 Å². The van der Waals surface area contributed by atoms with Crippen molar-refractivity contribution in [2.45, 2.75) is 52.0 Å². The summed E-state index contributed by atoms with van der Waals surface area (Å²) in [6.07, 6.45) is 3.82. The SMILES string of the molecule is CC(N)CCCCN1C(=O)CC(C)CC1=O. The van der Waals surface area contributed by atoms with Gasteiger partial charge in [0.2, 0.25) is 11.8 Å². The van der Waals surface area contributed by atoms with Crippen LogP contribution in [0.4, 0.5) is 0 Å². The summed E-state index contributed by atoms with van der Waals surface area (Å²) in [7, 11) is 0. The number of amides is 2. The van der Waals surface area contributed by atoms with Crippen molar-refractivity contribution >= 4 is 11.8 Å². The number of likely N-dealkylation sites (tertiary alicyclic amines) is 1. The van der Waals surface area contributed by atoms with Crippen molar-refractivity contribution in [1.82, 2.24) is 4.90 Å². The van der Waals surface area contributed by atoms with Crippen molar-refractivity contribution in [3.63, 3.8) is 0 Å². The lowest BCUT2D eigenvalue weighted by Crippen LogP contribution is -2.43. The van der Waals surface area contributed by atoms with Gasteiger partial charge in [0.15, 0.2) is 0 Å². The van der Waals surface area contributed by atoms with E-state index in [1.54, 1.807) is 0 Å². The Morgan fingerprint density at radius 1 is 1.31 bits per heavy atom. The Morgan fingerprint density at radius 3 is 2.38 bits per heavy atom. The normalized spacial score (nSPS) is 20.3. The maximum absolute atomic E-state index is 11.6. The quantitative estimate of drug-likeness (QED) is 0.567. The first-order valence-electron chi connectivity index (χ1n) is 6.09. The second kappa shape index (κ2) is 5.99. The average Bonchev–Trinajstić information content (AvgIpc) is 2.14. The van der Waals surface area contributed by atoms with E-state index in [1.165, 1.54) is 4.90 Å². The van der Waals surface area contributed by atoms with E-state index in [4.69, 9.17) is 5.73 Å². The van der Waals surface area contributed by atoms with Gasteiger partial charge in [-0.1, -0.05) is 13.3 Å². The molecule has 1 aliphatic rings. The molecule has 1 atom stereocenters. The van der Waals surface area contributed by atoms with Gasteiger partial charge < -0.3 is 5.73 Å². The number of unbranched alkanes of at least 4 members (excludes halogenated alkanes) is 1. The van der Waals surface area contributed by atoms with Crippen molar-refractivity contribution in [1.29, 1.82) is 0 Å². The summed E-state index contributed by atoms with van der Waals surface area (Å²) < 4.78 is 0. The number of nitrogens with zero attached hydrogens (tertiary/aromatic N) is 1. The van der Waals surface area contributed by atoms with Gasteiger partial charge in [-0.3, -0.25) is 14.5 Å². The number of piperidine rings is 1. The molecule has 1 rings (SSSR count). The fourth-order valence-corrected chi connectivity index (χ4v) is 2.01. The van der Waals surface area contributed by atoms with Gasteiger partial charge in [-0.15, -0.1) is 0 Å². The molecular formula is C12H22N2O2. The lowest BCUT2D eigenvalue weighted by molar-refractivity contribution is -0.149. The van der Waals surface area contributed by atoms with Gasteiger partial charge in [-0.2, -0.15) is 0 Å². The highest BCUT2D eigenvalue weighted by atomic mass is 16.2. The van der Waals surface area contributed by atoms with Crippen LogP contribution in [0.15, 0.2) is 0 Å². The Bertz CT molecular complexity index is 246. The van der Waals surface area contributed by atoms with Crippen LogP contribution in [0.25, 0.3) is 0 Å². The first-order chi connectivity index (χ1) is 7.50. The van der Waals surface area contributed by atoms with Gasteiger partial charge in [0, 0.05) is 25.4 Å². The van der Waals surface area contributed by atoms with Crippen LogP contribution in [0.1, 0.15) is 46.0 Å². The molecular weight excluding hydrogens is 204 g/mol. The molecule has 4 nitrogen and oxygen atoms in total. The first-order valence-corrected chi connectivity index (χ1v) is 6.09. The van der Waals surface area contributed by atoms with Crippen molar-refractivity contribution < 1.29 is 9.59 Å². The van der Waals surface area contributed by atoms with E-state index in [-0.39, 0.29) is 23.8 Å². The lowest BCUT2D eigenvalue weighted by Gasteiger charge is -2.28. The maximum Gasteiger partial charge on any atom is 0.229 e. The van der Waals surface area contributed by atoms with Crippen LogP contribution in [-0.4, -0.2) is 29.3 Å². The van der Waals surface area contributed by atoms with Gasteiger partial charge in [-0.05, 0) is 25.7 Å². The van der Waals surface area contributed by atoms with Crippen molar-refractivity contribution in [2.75, 3.05) is 6.54 Å². The van der Waals surface area contributed by atoms with Crippen LogP contribution in [0, 0.1) is 5.92 Å². The minimum absolute atomic E-state index is 0.00968. The first kappa shape index (κ1) is 13.2. The van der Waals surface area contributed by atoms with Crippen LogP contribution < -0.4 is 5.73 Å². The third-order valence-corrected chi connectivity index (χ3v) is 2.94. The molecule has 0 radical (unpaired) electrons. The van der Waals surface area contributed by atoms with E-state index >= 15 is 0 Å². The molecule has 0 aliphatic carbocycles. The molecule has 1 fully saturated rings. The molecule has 0 aromatic carbocycles. The number of carbonyl (C=O) groups is 2. The summed E-state index contributed by atoms with van der Waals surface area (Å²) in [6, 6.07) is 0.202. The van der Waals surface area contributed by atoms with Gasteiger partial charge in [0.05, 0.1) is 0 Å². The third kappa shape index (κ3) is 3.93. The van der Waals surface area contributed by atoms with E-state index in [0.717, 1.165) is 19.3 Å². The molecule has 0 saturated carbocycles. The van der Waals surface area contributed by atoms with Gasteiger partial charge in [0.1, 0.15) is 0 Å². The van der Waals surface area contributed by atoms with Crippen molar-refractivity contribution in [2.24, 2.45) is 11.7 Å². The lowest BCUT2D eigenvalue weighted by atomic mass is 9.97. The standard InChI is InChI=1S/C12H22N2O2/c1-9-7-11(15)14(12(16)8-9)6-4-3-5-10(2)13/h9-10H,3-8,13H2,1-2H3. The van der Waals surface area contributed by atoms with E-state index in [0.29, 0.717) is 19.4 Å². The Kier molecular flexibility index (Phi) is 4.93. The number of imide groups is 1. The third-order valence-electron chi connectivity index (χ3n) is 2.94. The van der Waals surface area contributed by atoms with Crippen molar-refractivity contribution in [3.8, 4) is 0 Å². The topological polar surface area (TPSA) is 63.4 Å². The zero-order valence-electron chi connectivity index (χ0n) is 10.2. The fraction of sp³-hybridized carbons (Fsp3) is 0.833. The molecule has 16 heavy (non-hydrogen) atoms. The molecule has 4 heteroatoms. The van der Waals surface area contributed by atoms with E-state index in [1.807, 2.05) is 13.8 Å². The molecule has 2 amide bonds. The number of hydrogen-bond donors (Lipinski definition) is 1. The van der Waals surface area contributed by atoms with Crippen molar-refractivity contribution in [3.05, 3.63) is 0 Å². The Morgan fingerprint density at radius 2 is 1.88 bits per heavy atom. The number of carbonyl (C=O) groups excluding carboxylic acids is 2. The Hall–Kier alpha value is -0.900. The van der Waals surface area contributed by atoms with Gasteiger partial charge >= 0.3 is 0 Å². The molecule has 1 aliphatic heterocycles. The minimum atomic E-state index is -0.00968. The summed E-state index contributed by atoms with van der Waals surface area (Å²) in [6.45, 7) is 4.49. The molecule has 1 unspecified atom stereocenters. The molecule has 1 saturated heterocycles. The second-order valence-electron chi connectivity index (χ2n) is 4.93. The molecule has 0 spiro atoms. The predicted octanol–water partition coefficient (Wildman–Crippen LogP) is 1.29. The smallest absolute Gasteiger partial charge is 0.229 e. The molecule has 0 bridgehead atoms. The summed E-state index contributed by atoms with van der Waals surface area (Å²) in [4.78, 5) is 24.7. The number of hydrogen-bond acceptors (Lipinski definition) is 3. The zero-order chi connectivity index (χ0) is 12.1. The average molecular weight is 226 g/mol. The molecule has 92 valence electrons. The summed E-state index contributed by atoms with van der Waals surface area (Å²) in [5, 5.41) is 0. The van der Waals surface area contributed by atoms with E-state index < -0.39 is 0 Å². The van der Waals surface area contributed by atoms with Gasteiger partial charge in [0.25, 0.3) is 0 Å². The monoisotopic (exact) mass is 226 g/mol. The number of nitrogens with two attached hydrogens (primary N) is 1. The largest absolute Gasteiger partial charge is 0.328 e.